The van der Waals surface area contributed by atoms with Crippen LogP contribution in [0.1, 0.15) is 29.8 Å². The van der Waals surface area contributed by atoms with Crippen LogP contribution in [0.2, 0.25) is 0 Å². The minimum absolute atomic E-state index is 0.529. The van der Waals surface area contributed by atoms with E-state index in [0.29, 0.717) is 23.6 Å². The molecule has 1 atom stereocenters. The van der Waals surface area contributed by atoms with Crippen molar-refractivity contribution in [2.75, 3.05) is 7.11 Å². The Kier molecular flexibility index (Phi) is 3.83. The SMILES string of the molecule is COc1cc(C#N)ccc1Cn1ccc(C(C)O)n1. The monoisotopic (exact) mass is 257 g/mol. The molecule has 0 amide bonds. The summed E-state index contributed by atoms with van der Waals surface area (Å²) in [5.74, 6) is 0.660. The Morgan fingerprint density at radius 2 is 2.26 bits per heavy atom. The molecule has 1 N–H and O–H groups in total. The van der Waals surface area contributed by atoms with Gasteiger partial charge in [0.25, 0.3) is 0 Å². The lowest BCUT2D eigenvalue weighted by Gasteiger charge is -2.09. The normalized spacial score (nSPS) is 11.9. The quantitative estimate of drug-likeness (QED) is 0.907. The largest absolute Gasteiger partial charge is 0.496 e. The number of methoxy groups -OCH3 is 1. The van der Waals surface area contributed by atoms with Gasteiger partial charge in [-0.25, -0.2) is 0 Å². The average Bonchev–Trinajstić information content (AvgIpc) is 2.88. The van der Waals surface area contributed by atoms with E-state index in [4.69, 9.17) is 10.00 Å². The van der Waals surface area contributed by atoms with E-state index in [2.05, 4.69) is 11.2 Å². The maximum atomic E-state index is 9.44. The molecule has 1 aromatic carbocycles. The summed E-state index contributed by atoms with van der Waals surface area (Å²) >= 11 is 0. The lowest BCUT2D eigenvalue weighted by atomic mass is 10.1. The van der Waals surface area contributed by atoms with Crippen LogP contribution in [0.15, 0.2) is 30.5 Å². The zero-order chi connectivity index (χ0) is 13.8. The molecular weight excluding hydrogens is 242 g/mol. The molecule has 0 radical (unpaired) electrons. The van der Waals surface area contributed by atoms with Gasteiger partial charge < -0.3 is 9.84 Å². The Labute approximate surface area is 111 Å². The van der Waals surface area contributed by atoms with Crippen molar-refractivity contribution in [2.45, 2.75) is 19.6 Å². The van der Waals surface area contributed by atoms with Gasteiger partial charge in [0.05, 0.1) is 37.1 Å². The second-order valence-electron chi connectivity index (χ2n) is 4.25. The molecular formula is C14H15N3O2. The van der Waals surface area contributed by atoms with E-state index in [1.165, 1.54) is 0 Å². The maximum absolute atomic E-state index is 9.44. The summed E-state index contributed by atoms with van der Waals surface area (Å²) in [5, 5.41) is 22.6. The number of ether oxygens (including phenoxy) is 1. The zero-order valence-electron chi connectivity index (χ0n) is 10.9. The van der Waals surface area contributed by atoms with Crippen molar-refractivity contribution in [3.05, 3.63) is 47.3 Å². The highest BCUT2D eigenvalue weighted by molar-refractivity contribution is 5.42. The second kappa shape index (κ2) is 5.55. The molecule has 1 heterocycles. The van der Waals surface area contributed by atoms with Gasteiger partial charge in [-0.2, -0.15) is 10.4 Å². The minimum atomic E-state index is -0.580. The van der Waals surface area contributed by atoms with Crippen LogP contribution in [0.25, 0.3) is 0 Å². The lowest BCUT2D eigenvalue weighted by Crippen LogP contribution is -2.04. The van der Waals surface area contributed by atoms with Gasteiger partial charge in [-0.05, 0) is 25.1 Å². The van der Waals surface area contributed by atoms with Crippen LogP contribution < -0.4 is 4.74 Å². The van der Waals surface area contributed by atoms with Gasteiger partial charge >= 0.3 is 0 Å². The van der Waals surface area contributed by atoms with E-state index in [0.717, 1.165) is 5.56 Å². The minimum Gasteiger partial charge on any atom is -0.496 e. The molecule has 0 saturated heterocycles. The van der Waals surface area contributed by atoms with E-state index in [9.17, 15) is 5.11 Å². The van der Waals surface area contributed by atoms with Crippen molar-refractivity contribution < 1.29 is 9.84 Å². The van der Waals surface area contributed by atoms with Crippen LogP contribution in [0.4, 0.5) is 0 Å². The standard InChI is InChI=1S/C14H15N3O2/c1-10(18)13-5-6-17(16-13)9-12-4-3-11(8-15)7-14(12)19-2/h3-7,10,18H,9H2,1-2H3. The van der Waals surface area contributed by atoms with E-state index in [1.807, 2.05) is 6.07 Å². The van der Waals surface area contributed by atoms with E-state index in [-0.39, 0.29) is 0 Å². The summed E-state index contributed by atoms with van der Waals surface area (Å²) in [4.78, 5) is 0. The van der Waals surface area contributed by atoms with Crippen molar-refractivity contribution in [1.29, 1.82) is 5.26 Å². The first-order chi connectivity index (χ1) is 9.13. The molecule has 0 spiro atoms. The fraction of sp³-hybridized carbons (Fsp3) is 0.286. The highest BCUT2D eigenvalue weighted by Gasteiger charge is 2.08. The number of hydrogen-bond acceptors (Lipinski definition) is 4. The predicted octanol–water partition coefficient (Wildman–Crippen LogP) is 1.86. The highest BCUT2D eigenvalue weighted by atomic mass is 16.5. The van der Waals surface area contributed by atoms with Crippen LogP contribution in [0.5, 0.6) is 5.75 Å². The van der Waals surface area contributed by atoms with Crippen molar-refractivity contribution in [2.24, 2.45) is 0 Å². The molecule has 0 saturated carbocycles. The molecule has 1 unspecified atom stereocenters. The Hall–Kier alpha value is -2.32. The van der Waals surface area contributed by atoms with Crippen molar-refractivity contribution >= 4 is 0 Å². The highest BCUT2D eigenvalue weighted by Crippen LogP contribution is 2.21. The van der Waals surface area contributed by atoms with E-state index < -0.39 is 6.10 Å². The van der Waals surface area contributed by atoms with Crippen LogP contribution in [0.3, 0.4) is 0 Å². The molecule has 2 rings (SSSR count). The summed E-state index contributed by atoms with van der Waals surface area (Å²) < 4.78 is 7.00. The first-order valence-electron chi connectivity index (χ1n) is 5.92. The Bertz CT molecular complexity index is 611. The van der Waals surface area contributed by atoms with Gasteiger partial charge in [-0.1, -0.05) is 6.07 Å². The predicted molar refractivity (Wildman–Crippen MR) is 69.7 cm³/mol. The molecule has 0 bridgehead atoms. The Morgan fingerprint density at radius 3 is 2.84 bits per heavy atom. The fourth-order valence-electron chi connectivity index (χ4n) is 1.81. The number of nitrogens with zero attached hydrogens (tertiary/aromatic N) is 3. The first kappa shape index (κ1) is 13.1. The number of benzene rings is 1. The number of aromatic nitrogens is 2. The van der Waals surface area contributed by atoms with Gasteiger partial charge in [0, 0.05) is 11.8 Å². The summed E-state index contributed by atoms with van der Waals surface area (Å²) in [5.41, 5.74) is 2.13. The van der Waals surface area contributed by atoms with Crippen LogP contribution >= 0.6 is 0 Å². The lowest BCUT2D eigenvalue weighted by molar-refractivity contribution is 0.193. The fourth-order valence-corrected chi connectivity index (χ4v) is 1.81. The van der Waals surface area contributed by atoms with Gasteiger partial charge in [-0.3, -0.25) is 4.68 Å². The van der Waals surface area contributed by atoms with Crippen LogP contribution in [-0.4, -0.2) is 22.0 Å². The van der Waals surface area contributed by atoms with Crippen molar-refractivity contribution in [3.63, 3.8) is 0 Å². The number of aliphatic hydroxyl groups is 1. The summed E-state index contributed by atoms with van der Waals surface area (Å²) in [6, 6.07) is 9.15. The molecule has 2 aromatic rings. The van der Waals surface area contributed by atoms with Gasteiger partial charge in [0.2, 0.25) is 0 Å². The molecule has 0 aliphatic rings. The molecule has 1 aromatic heterocycles. The third-order valence-corrected chi connectivity index (χ3v) is 2.84. The molecule has 5 nitrogen and oxygen atoms in total. The number of hydrogen-bond donors (Lipinski definition) is 1. The molecule has 5 heteroatoms. The Morgan fingerprint density at radius 1 is 1.47 bits per heavy atom. The summed E-state index contributed by atoms with van der Waals surface area (Å²) in [6.45, 7) is 2.20. The van der Waals surface area contributed by atoms with Gasteiger partial charge in [0.1, 0.15) is 5.75 Å². The summed E-state index contributed by atoms with van der Waals surface area (Å²) in [7, 11) is 1.57. The van der Waals surface area contributed by atoms with Crippen LogP contribution in [-0.2, 0) is 6.54 Å². The third-order valence-electron chi connectivity index (χ3n) is 2.84. The van der Waals surface area contributed by atoms with Crippen molar-refractivity contribution in [3.8, 4) is 11.8 Å². The smallest absolute Gasteiger partial charge is 0.125 e. The number of nitriles is 1. The Balaban J connectivity index is 2.25. The maximum Gasteiger partial charge on any atom is 0.125 e. The molecule has 0 fully saturated rings. The third kappa shape index (κ3) is 2.92. The number of aliphatic hydroxyl groups excluding tert-OH is 1. The topological polar surface area (TPSA) is 71.1 Å². The number of rotatable bonds is 4. The van der Waals surface area contributed by atoms with E-state index >= 15 is 0 Å². The van der Waals surface area contributed by atoms with E-state index in [1.54, 1.807) is 43.1 Å². The molecule has 0 aliphatic heterocycles. The zero-order valence-corrected chi connectivity index (χ0v) is 10.9. The molecule has 19 heavy (non-hydrogen) atoms. The summed E-state index contributed by atoms with van der Waals surface area (Å²) in [6.07, 6.45) is 1.23. The average molecular weight is 257 g/mol. The van der Waals surface area contributed by atoms with Crippen molar-refractivity contribution in [1.82, 2.24) is 9.78 Å². The second-order valence-corrected chi connectivity index (χ2v) is 4.25. The first-order valence-corrected chi connectivity index (χ1v) is 5.92. The van der Waals surface area contributed by atoms with Gasteiger partial charge in [-0.15, -0.1) is 0 Å². The van der Waals surface area contributed by atoms with Gasteiger partial charge in [0.15, 0.2) is 0 Å². The van der Waals surface area contributed by atoms with Crippen LogP contribution in [0, 0.1) is 11.3 Å². The molecule has 0 aliphatic carbocycles. The molecule has 98 valence electrons.